The van der Waals surface area contributed by atoms with Crippen LogP contribution in [0.2, 0.25) is 0 Å². The molecular weight excluding hydrogens is 441 g/mol. The molecule has 1 fully saturated rings. The van der Waals surface area contributed by atoms with Gasteiger partial charge in [-0.15, -0.1) is 0 Å². The lowest BCUT2D eigenvalue weighted by molar-refractivity contribution is -0.128. The monoisotopic (exact) mass is 461 g/mol. The highest BCUT2D eigenvalue weighted by atomic mass is 127. The second kappa shape index (κ2) is 6.90. The first-order valence-electron chi connectivity index (χ1n) is 8.76. The Kier molecular flexibility index (Phi) is 4.60. The molecule has 0 radical (unpaired) electrons. The number of halogens is 1. The third-order valence-corrected chi connectivity index (χ3v) is 5.87. The molecule has 1 amide bonds. The number of amides is 1. The molecule has 1 aliphatic rings. The number of likely N-dealkylation sites (tertiary alicyclic amines) is 1. The van der Waals surface area contributed by atoms with Crippen LogP contribution in [-0.2, 0) is 17.9 Å². The SMILES string of the molecule is Cc1ccc2c(c1)n(I)c(=O)n2Cc1ccc(CN2CCCC2=O)cc1. The van der Waals surface area contributed by atoms with Gasteiger partial charge >= 0.3 is 5.69 Å². The van der Waals surface area contributed by atoms with Crippen molar-refractivity contribution >= 4 is 39.8 Å². The van der Waals surface area contributed by atoms with Gasteiger partial charge in [0, 0.05) is 19.5 Å². The minimum atomic E-state index is -0.0158. The Balaban J connectivity index is 1.58. The fraction of sp³-hybridized carbons (Fsp3) is 0.300. The van der Waals surface area contributed by atoms with Crippen molar-refractivity contribution < 1.29 is 4.79 Å². The van der Waals surface area contributed by atoms with E-state index in [9.17, 15) is 9.59 Å². The van der Waals surface area contributed by atoms with Crippen LogP contribution >= 0.6 is 22.9 Å². The molecule has 1 saturated heterocycles. The van der Waals surface area contributed by atoms with Crippen LogP contribution in [0.4, 0.5) is 0 Å². The number of rotatable bonds is 4. The summed E-state index contributed by atoms with van der Waals surface area (Å²) >= 11 is 2.06. The van der Waals surface area contributed by atoms with Crippen LogP contribution in [0.1, 0.15) is 29.5 Å². The van der Waals surface area contributed by atoms with Gasteiger partial charge in [-0.3, -0.25) is 9.36 Å². The van der Waals surface area contributed by atoms with Crippen LogP contribution in [0.15, 0.2) is 47.3 Å². The zero-order valence-electron chi connectivity index (χ0n) is 14.6. The largest absolute Gasteiger partial charge is 0.338 e. The predicted octanol–water partition coefficient (Wildman–Crippen LogP) is 3.48. The number of nitrogens with zero attached hydrogens (tertiary/aromatic N) is 3. The number of imidazole rings is 1. The van der Waals surface area contributed by atoms with Crippen LogP contribution < -0.4 is 5.69 Å². The number of fused-ring (bicyclic) bond motifs is 1. The molecule has 0 spiro atoms. The molecule has 0 atom stereocenters. The first kappa shape index (κ1) is 17.3. The van der Waals surface area contributed by atoms with Crippen molar-refractivity contribution in [2.75, 3.05) is 6.54 Å². The molecule has 4 rings (SSSR count). The van der Waals surface area contributed by atoms with E-state index in [2.05, 4.69) is 35.0 Å². The van der Waals surface area contributed by atoms with Gasteiger partial charge in [0.15, 0.2) is 0 Å². The number of hydrogen-bond donors (Lipinski definition) is 0. The van der Waals surface area contributed by atoms with Crippen molar-refractivity contribution in [1.82, 2.24) is 12.2 Å². The second-order valence-electron chi connectivity index (χ2n) is 6.88. The van der Waals surface area contributed by atoms with Crippen molar-refractivity contribution in [1.29, 1.82) is 0 Å². The van der Waals surface area contributed by atoms with E-state index >= 15 is 0 Å². The summed E-state index contributed by atoms with van der Waals surface area (Å²) in [5, 5.41) is 0. The number of aryl methyl sites for hydroxylation is 1. The Morgan fingerprint density at radius 1 is 0.962 bits per heavy atom. The molecule has 0 aliphatic carbocycles. The van der Waals surface area contributed by atoms with Crippen molar-refractivity contribution in [3.05, 3.63) is 69.6 Å². The third kappa shape index (κ3) is 3.18. The number of aromatic nitrogens is 2. The number of hydrogen-bond acceptors (Lipinski definition) is 2. The van der Waals surface area contributed by atoms with E-state index < -0.39 is 0 Å². The summed E-state index contributed by atoms with van der Waals surface area (Å²) in [6, 6.07) is 14.3. The van der Waals surface area contributed by atoms with Gasteiger partial charge in [0.25, 0.3) is 0 Å². The molecule has 134 valence electrons. The van der Waals surface area contributed by atoms with Gasteiger partial charge in [0.05, 0.1) is 40.4 Å². The standard InChI is InChI=1S/C20H20IN3O2/c1-14-4-9-17-18(11-14)24(21)20(26)23(17)13-16-7-5-15(6-8-16)12-22-10-2-3-19(22)25/h4-9,11H,2-3,10,12-13H2,1H3. The summed E-state index contributed by atoms with van der Waals surface area (Å²) < 4.78 is 3.48. The van der Waals surface area contributed by atoms with E-state index in [4.69, 9.17) is 0 Å². The Labute approximate surface area is 165 Å². The van der Waals surface area contributed by atoms with Crippen LogP contribution in [0.5, 0.6) is 0 Å². The number of carbonyl (C=O) groups is 1. The molecule has 26 heavy (non-hydrogen) atoms. The van der Waals surface area contributed by atoms with E-state index in [1.807, 2.05) is 42.2 Å². The Morgan fingerprint density at radius 3 is 2.31 bits per heavy atom. The molecule has 5 nitrogen and oxygen atoms in total. The van der Waals surface area contributed by atoms with Crippen LogP contribution in [0.3, 0.4) is 0 Å². The van der Waals surface area contributed by atoms with Crippen molar-refractivity contribution in [3.63, 3.8) is 0 Å². The van der Waals surface area contributed by atoms with Crippen LogP contribution in [-0.4, -0.2) is 24.7 Å². The molecule has 0 bridgehead atoms. The van der Waals surface area contributed by atoms with Crippen LogP contribution in [0, 0.1) is 6.92 Å². The van der Waals surface area contributed by atoms with Gasteiger partial charge in [-0.25, -0.2) is 7.58 Å². The van der Waals surface area contributed by atoms with Gasteiger partial charge in [-0.1, -0.05) is 30.3 Å². The smallest absolute Gasteiger partial charge is 0.338 e. The predicted molar refractivity (Wildman–Crippen MR) is 111 cm³/mol. The van der Waals surface area contributed by atoms with Crippen molar-refractivity contribution in [2.24, 2.45) is 0 Å². The zero-order valence-corrected chi connectivity index (χ0v) is 16.8. The first-order chi connectivity index (χ1) is 12.5. The van der Waals surface area contributed by atoms with E-state index in [1.54, 1.807) is 7.35 Å². The fourth-order valence-electron chi connectivity index (χ4n) is 3.51. The van der Waals surface area contributed by atoms with E-state index in [0.717, 1.165) is 40.7 Å². The maximum Gasteiger partial charge on any atom is 0.338 e. The minimum absolute atomic E-state index is 0.0158. The zero-order chi connectivity index (χ0) is 18.3. The summed E-state index contributed by atoms with van der Waals surface area (Å²) in [6.07, 6.45) is 1.63. The van der Waals surface area contributed by atoms with E-state index in [-0.39, 0.29) is 11.6 Å². The summed E-state index contributed by atoms with van der Waals surface area (Å²) in [6.45, 7) is 4.09. The quantitative estimate of drug-likeness (QED) is 0.559. The molecule has 3 aromatic rings. The highest BCUT2D eigenvalue weighted by molar-refractivity contribution is 14.1. The first-order valence-corrected chi connectivity index (χ1v) is 9.73. The molecule has 2 aromatic carbocycles. The average Bonchev–Trinajstić information content (AvgIpc) is 3.13. The van der Waals surface area contributed by atoms with Gasteiger partial charge < -0.3 is 4.90 Å². The van der Waals surface area contributed by atoms with Crippen molar-refractivity contribution in [3.8, 4) is 0 Å². The third-order valence-electron chi connectivity index (χ3n) is 4.94. The maximum absolute atomic E-state index is 12.6. The molecule has 0 N–H and O–H groups in total. The Bertz CT molecular complexity index is 1030. The lowest BCUT2D eigenvalue weighted by Gasteiger charge is -2.15. The molecule has 6 heteroatoms. The van der Waals surface area contributed by atoms with E-state index in [0.29, 0.717) is 19.5 Å². The maximum atomic E-state index is 12.6. The summed E-state index contributed by atoms with van der Waals surface area (Å²) in [4.78, 5) is 26.3. The molecule has 1 aliphatic heterocycles. The summed E-state index contributed by atoms with van der Waals surface area (Å²) in [5.74, 6) is 0.241. The molecule has 0 unspecified atom stereocenters. The molecule has 1 aromatic heterocycles. The van der Waals surface area contributed by atoms with Gasteiger partial charge in [0.2, 0.25) is 5.91 Å². The highest BCUT2D eigenvalue weighted by Crippen LogP contribution is 2.19. The summed E-state index contributed by atoms with van der Waals surface area (Å²) in [5.41, 5.74) is 5.22. The molecule has 2 heterocycles. The summed E-state index contributed by atoms with van der Waals surface area (Å²) in [7, 11) is 0. The average molecular weight is 461 g/mol. The van der Waals surface area contributed by atoms with Crippen molar-refractivity contribution in [2.45, 2.75) is 32.9 Å². The highest BCUT2D eigenvalue weighted by Gasteiger charge is 2.20. The number of carbonyl (C=O) groups excluding carboxylic acids is 1. The second-order valence-corrected chi connectivity index (χ2v) is 7.84. The lowest BCUT2D eigenvalue weighted by atomic mass is 10.1. The normalized spacial score (nSPS) is 14.5. The minimum Gasteiger partial charge on any atom is -0.338 e. The van der Waals surface area contributed by atoms with Crippen LogP contribution in [0.25, 0.3) is 11.0 Å². The van der Waals surface area contributed by atoms with Gasteiger partial charge in [0.1, 0.15) is 0 Å². The Morgan fingerprint density at radius 2 is 1.65 bits per heavy atom. The fourth-order valence-corrected chi connectivity index (χ4v) is 4.15. The van der Waals surface area contributed by atoms with Gasteiger partial charge in [-0.2, -0.15) is 0 Å². The van der Waals surface area contributed by atoms with Gasteiger partial charge in [-0.05, 0) is 42.2 Å². The topological polar surface area (TPSA) is 47.2 Å². The van der Waals surface area contributed by atoms with E-state index in [1.165, 1.54) is 0 Å². The lowest BCUT2D eigenvalue weighted by Crippen LogP contribution is -2.23. The molecule has 0 saturated carbocycles. The number of benzene rings is 2. The molecular formula is C20H20IN3O2. The Hall–Kier alpha value is -2.09.